The van der Waals surface area contributed by atoms with Crippen LogP contribution in [-0.4, -0.2) is 18.6 Å². The fourth-order valence-corrected chi connectivity index (χ4v) is 2.32. The van der Waals surface area contributed by atoms with Crippen molar-refractivity contribution in [3.63, 3.8) is 0 Å². The van der Waals surface area contributed by atoms with Crippen LogP contribution >= 0.6 is 0 Å². The molecule has 0 saturated heterocycles. The number of hydrogen-bond donors (Lipinski definition) is 2. The molecule has 2 rings (SSSR count). The maximum atomic E-state index is 11.7. The number of ether oxygens (including phenoxy) is 1. The van der Waals surface area contributed by atoms with Crippen molar-refractivity contribution in [2.24, 2.45) is 5.73 Å². The first kappa shape index (κ1) is 17.8. The van der Waals surface area contributed by atoms with Crippen molar-refractivity contribution in [1.29, 1.82) is 0 Å². The summed E-state index contributed by atoms with van der Waals surface area (Å²) in [6.07, 6.45) is 0.571. The van der Waals surface area contributed by atoms with Gasteiger partial charge < -0.3 is 15.8 Å². The molecule has 4 nitrogen and oxygen atoms in total. The lowest BCUT2D eigenvalue weighted by Gasteiger charge is -2.16. The molecule has 0 radical (unpaired) electrons. The highest BCUT2D eigenvalue weighted by molar-refractivity contribution is 5.80. The van der Waals surface area contributed by atoms with E-state index in [1.807, 2.05) is 61.5 Å². The minimum absolute atomic E-state index is 0.353. The van der Waals surface area contributed by atoms with Crippen LogP contribution in [0, 0.1) is 0 Å². The molecule has 3 N–H and O–H groups in total. The number of carbonyl (C=O) groups excluding carboxylic acids is 1. The Bertz CT molecular complexity index is 683. The van der Waals surface area contributed by atoms with Crippen LogP contribution in [0.25, 0.3) is 0 Å². The number of hydrogen-bond acceptors (Lipinski definition) is 3. The second-order valence-corrected chi connectivity index (χ2v) is 5.92. The fourth-order valence-electron chi connectivity index (χ4n) is 2.32. The van der Waals surface area contributed by atoms with Gasteiger partial charge in [0.25, 0.3) is 0 Å². The topological polar surface area (TPSA) is 64.3 Å². The SMILES string of the molecule is C=C(C)COc1cccc(CN[C@@H](Cc2ccccc2)C(N)=O)c1. The lowest BCUT2D eigenvalue weighted by molar-refractivity contribution is -0.120. The fraction of sp³-hybridized carbons (Fsp3) is 0.250. The lowest BCUT2D eigenvalue weighted by Crippen LogP contribution is -2.42. The Hall–Kier alpha value is -2.59. The summed E-state index contributed by atoms with van der Waals surface area (Å²) >= 11 is 0. The molecular weight excluding hydrogens is 300 g/mol. The number of benzene rings is 2. The molecule has 4 heteroatoms. The summed E-state index contributed by atoms with van der Waals surface area (Å²) in [6.45, 7) is 6.79. The third-order valence-electron chi connectivity index (χ3n) is 3.56. The van der Waals surface area contributed by atoms with Crippen LogP contribution in [0.3, 0.4) is 0 Å². The first-order valence-electron chi connectivity index (χ1n) is 7.97. The van der Waals surface area contributed by atoms with Gasteiger partial charge in [0.1, 0.15) is 12.4 Å². The Morgan fingerprint density at radius 3 is 2.54 bits per heavy atom. The van der Waals surface area contributed by atoms with Crippen LogP contribution in [-0.2, 0) is 17.8 Å². The van der Waals surface area contributed by atoms with E-state index in [4.69, 9.17) is 10.5 Å². The van der Waals surface area contributed by atoms with Crippen LogP contribution in [0.2, 0.25) is 0 Å². The summed E-state index contributed by atoms with van der Waals surface area (Å²) in [5, 5.41) is 3.23. The largest absolute Gasteiger partial charge is 0.489 e. The van der Waals surface area contributed by atoms with Crippen molar-refractivity contribution in [3.05, 3.63) is 77.9 Å². The number of rotatable bonds is 9. The second-order valence-electron chi connectivity index (χ2n) is 5.92. The average Bonchev–Trinajstić information content (AvgIpc) is 2.58. The predicted molar refractivity (Wildman–Crippen MR) is 96.7 cm³/mol. The minimum Gasteiger partial charge on any atom is -0.489 e. The van der Waals surface area contributed by atoms with Crippen LogP contribution in [0.1, 0.15) is 18.1 Å². The molecule has 0 heterocycles. The molecule has 0 spiro atoms. The third kappa shape index (κ3) is 5.89. The molecule has 0 saturated carbocycles. The third-order valence-corrected chi connectivity index (χ3v) is 3.56. The quantitative estimate of drug-likeness (QED) is 0.697. The van der Waals surface area contributed by atoms with Crippen molar-refractivity contribution in [3.8, 4) is 5.75 Å². The molecule has 126 valence electrons. The van der Waals surface area contributed by atoms with Crippen molar-refractivity contribution >= 4 is 5.91 Å². The summed E-state index contributed by atoms with van der Waals surface area (Å²) in [7, 11) is 0. The number of nitrogens with one attached hydrogen (secondary N) is 1. The van der Waals surface area contributed by atoms with Crippen molar-refractivity contribution in [2.75, 3.05) is 6.61 Å². The van der Waals surface area contributed by atoms with E-state index in [9.17, 15) is 4.79 Å². The Balaban J connectivity index is 1.95. The van der Waals surface area contributed by atoms with E-state index in [0.717, 1.165) is 22.4 Å². The Kier molecular flexibility index (Phi) is 6.58. The Morgan fingerprint density at radius 2 is 1.88 bits per heavy atom. The van der Waals surface area contributed by atoms with E-state index in [0.29, 0.717) is 19.6 Å². The molecule has 1 amide bonds. The van der Waals surface area contributed by atoms with Crippen LogP contribution < -0.4 is 15.8 Å². The van der Waals surface area contributed by atoms with Gasteiger partial charge in [-0.15, -0.1) is 0 Å². The van der Waals surface area contributed by atoms with E-state index in [2.05, 4.69) is 11.9 Å². The maximum Gasteiger partial charge on any atom is 0.234 e. The number of amides is 1. The predicted octanol–water partition coefficient (Wildman–Crippen LogP) is 2.83. The lowest BCUT2D eigenvalue weighted by atomic mass is 10.1. The smallest absolute Gasteiger partial charge is 0.234 e. The van der Waals surface area contributed by atoms with E-state index in [1.54, 1.807) is 0 Å². The zero-order chi connectivity index (χ0) is 17.4. The maximum absolute atomic E-state index is 11.7. The molecule has 1 atom stereocenters. The van der Waals surface area contributed by atoms with E-state index in [-0.39, 0.29) is 5.91 Å². The first-order chi connectivity index (χ1) is 11.5. The molecule has 0 fully saturated rings. The highest BCUT2D eigenvalue weighted by Crippen LogP contribution is 2.14. The van der Waals surface area contributed by atoms with Gasteiger partial charge >= 0.3 is 0 Å². The van der Waals surface area contributed by atoms with Gasteiger partial charge in [0.15, 0.2) is 0 Å². The summed E-state index contributed by atoms with van der Waals surface area (Å²) in [5.74, 6) is 0.435. The molecule has 2 aromatic carbocycles. The molecule has 24 heavy (non-hydrogen) atoms. The van der Waals surface area contributed by atoms with Gasteiger partial charge in [-0.05, 0) is 42.2 Å². The molecule has 0 aliphatic heterocycles. The van der Waals surface area contributed by atoms with Gasteiger partial charge in [-0.25, -0.2) is 0 Å². The standard InChI is InChI=1S/C20H24N2O2/c1-15(2)14-24-18-10-6-9-17(11-18)13-22-19(20(21)23)12-16-7-4-3-5-8-16/h3-11,19,22H,1,12-14H2,2H3,(H2,21,23)/t19-/m0/s1. The van der Waals surface area contributed by atoms with Crippen molar-refractivity contribution in [2.45, 2.75) is 25.9 Å². The van der Waals surface area contributed by atoms with Crippen molar-refractivity contribution in [1.82, 2.24) is 5.32 Å². The first-order valence-corrected chi connectivity index (χ1v) is 7.97. The number of primary amides is 1. The molecular formula is C20H24N2O2. The molecule has 0 aliphatic rings. The minimum atomic E-state index is -0.410. The molecule has 0 unspecified atom stereocenters. The van der Waals surface area contributed by atoms with Crippen LogP contribution in [0.15, 0.2) is 66.7 Å². The van der Waals surface area contributed by atoms with Gasteiger partial charge in [-0.1, -0.05) is 49.0 Å². The average molecular weight is 324 g/mol. The Labute approximate surface area is 143 Å². The van der Waals surface area contributed by atoms with Gasteiger partial charge in [-0.2, -0.15) is 0 Å². The van der Waals surface area contributed by atoms with Crippen molar-refractivity contribution < 1.29 is 9.53 Å². The second kappa shape index (κ2) is 8.89. The van der Waals surface area contributed by atoms with E-state index >= 15 is 0 Å². The zero-order valence-electron chi connectivity index (χ0n) is 14.0. The Morgan fingerprint density at radius 1 is 1.17 bits per heavy atom. The van der Waals surface area contributed by atoms with Crippen LogP contribution in [0.5, 0.6) is 5.75 Å². The van der Waals surface area contributed by atoms with Crippen LogP contribution in [0.4, 0.5) is 0 Å². The summed E-state index contributed by atoms with van der Waals surface area (Å²) in [5.41, 5.74) is 8.60. The number of nitrogens with two attached hydrogens (primary N) is 1. The van der Waals surface area contributed by atoms with Gasteiger partial charge in [0.05, 0.1) is 6.04 Å². The van der Waals surface area contributed by atoms with Gasteiger partial charge in [0.2, 0.25) is 5.91 Å². The molecule has 2 aromatic rings. The monoisotopic (exact) mass is 324 g/mol. The summed E-state index contributed by atoms with van der Waals surface area (Å²) in [4.78, 5) is 11.7. The molecule has 0 bridgehead atoms. The van der Waals surface area contributed by atoms with E-state index in [1.165, 1.54) is 0 Å². The molecule has 0 aromatic heterocycles. The zero-order valence-corrected chi connectivity index (χ0v) is 14.0. The highest BCUT2D eigenvalue weighted by atomic mass is 16.5. The summed E-state index contributed by atoms with van der Waals surface area (Å²) in [6, 6.07) is 17.2. The van der Waals surface area contributed by atoms with Gasteiger partial charge in [0, 0.05) is 6.54 Å². The molecule has 0 aliphatic carbocycles. The summed E-state index contributed by atoms with van der Waals surface area (Å²) < 4.78 is 5.64. The highest BCUT2D eigenvalue weighted by Gasteiger charge is 2.15. The number of carbonyl (C=O) groups is 1. The normalized spacial score (nSPS) is 11.7. The van der Waals surface area contributed by atoms with E-state index < -0.39 is 6.04 Å². The van der Waals surface area contributed by atoms with Gasteiger partial charge in [-0.3, -0.25) is 4.79 Å².